The first-order chi connectivity index (χ1) is 10.5. The quantitative estimate of drug-likeness (QED) is 0.535. The predicted octanol–water partition coefficient (Wildman–Crippen LogP) is 3.37. The molecule has 0 fully saturated rings. The van der Waals surface area contributed by atoms with Crippen LogP contribution in [0.3, 0.4) is 0 Å². The molecule has 0 aromatic heterocycles. The van der Waals surface area contributed by atoms with Crippen molar-refractivity contribution in [2.75, 3.05) is 11.0 Å². The molecule has 22 heavy (non-hydrogen) atoms. The summed E-state index contributed by atoms with van der Waals surface area (Å²) in [6.45, 7) is 0. The second-order valence-corrected chi connectivity index (χ2v) is 5.31. The smallest absolute Gasteiger partial charge is 0.196 e. The molecule has 0 saturated heterocycles. The molecule has 0 unspecified atom stereocenters. The van der Waals surface area contributed by atoms with Gasteiger partial charge in [0.1, 0.15) is 5.69 Å². The van der Waals surface area contributed by atoms with Gasteiger partial charge in [-0.1, -0.05) is 47.5 Å². The highest BCUT2D eigenvalue weighted by Crippen LogP contribution is 2.45. The SMILES string of the molecule is O=C1c2ccccc2C(=O)c2c(NO)c(NO)c(Cl)c(Cl)c21. The first-order valence-corrected chi connectivity index (χ1v) is 6.82. The van der Waals surface area contributed by atoms with Gasteiger partial charge in [0.25, 0.3) is 0 Å². The van der Waals surface area contributed by atoms with Crippen LogP contribution in [-0.2, 0) is 0 Å². The van der Waals surface area contributed by atoms with Gasteiger partial charge < -0.3 is 0 Å². The molecule has 2 aromatic rings. The van der Waals surface area contributed by atoms with Crippen LogP contribution in [-0.4, -0.2) is 22.0 Å². The van der Waals surface area contributed by atoms with Crippen molar-refractivity contribution in [2.24, 2.45) is 0 Å². The van der Waals surface area contributed by atoms with Crippen molar-refractivity contribution in [2.45, 2.75) is 0 Å². The first-order valence-electron chi connectivity index (χ1n) is 6.06. The van der Waals surface area contributed by atoms with Gasteiger partial charge >= 0.3 is 0 Å². The lowest BCUT2D eigenvalue weighted by atomic mass is 9.83. The summed E-state index contributed by atoms with van der Waals surface area (Å²) in [5, 5.41) is 18.1. The van der Waals surface area contributed by atoms with Gasteiger partial charge in [0.15, 0.2) is 11.6 Å². The van der Waals surface area contributed by atoms with Gasteiger partial charge in [-0.05, 0) is 0 Å². The standard InChI is InChI=1S/C14H8Cl2N2O4/c15-9-7-8(11(17-21)12(18-22)10(9)16)14(20)6-4-2-1-3-5(6)13(7)19/h1-4,17-18,21-22H. The minimum atomic E-state index is -0.517. The van der Waals surface area contributed by atoms with Gasteiger partial charge in [0, 0.05) is 11.1 Å². The number of hydrogen-bond acceptors (Lipinski definition) is 6. The summed E-state index contributed by atoms with van der Waals surface area (Å²) in [4.78, 5) is 25.3. The van der Waals surface area contributed by atoms with Crippen molar-refractivity contribution >= 4 is 46.1 Å². The number of halogens is 2. The van der Waals surface area contributed by atoms with E-state index >= 15 is 0 Å². The lowest BCUT2D eigenvalue weighted by Gasteiger charge is -2.23. The highest BCUT2D eigenvalue weighted by Gasteiger charge is 2.36. The molecule has 1 aliphatic carbocycles. The van der Waals surface area contributed by atoms with Gasteiger partial charge in [-0.15, -0.1) is 0 Å². The number of carbonyl (C=O) groups excluding carboxylic acids is 2. The van der Waals surface area contributed by atoms with Crippen LogP contribution in [0.2, 0.25) is 10.0 Å². The van der Waals surface area contributed by atoms with E-state index in [9.17, 15) is 14.8 Å². The Hall–Kier alpha value is -2.12. The van der Waals surface area contributed by atoms with E-state index in [4.69, 9.17) is 28.4 Å². The zero-order valence-electron chi connectivity index (χ0n) is 10.8. The molecule has 6 nitrogen and oxygen atoms in total. The van der Waals surface area contributed by atoms with Crippen LogP contribution < -0.4 is 11.0 Å². The van der Waals surface area contributed by atoms with Crippen LogP contribution in [0.4, 0.5) is 11.4 Å². The maximum absolute atomic E-state index is 12.7. The minimum absolute atomic E-state index is 0.120. The summed E-state index contributed by atoms with van der Waals surface area (Å²) in [6, 6.07) is 6.24. The van der Waals surface area contributed by atoms with Gasteiger partial charge in [-0.3, -0.25) is 31.0 Å². The van der Waals surface area contributed by atoms with E-state index in [0.717, 1.165) is 0 Å². The summed E-state index contributed by atoms with van der Waals surface area (Å²) in [5.41, 5.74) is 3.23. The summed E-state index contributed by atoms with van der Waals surface area (Å²) >= 11 is 12.1. The molecule has 0 atom stereocenters. The lowest BCUT2D eigenvalue weighted by molar-refractivity contribution is 0.0979. The highest BCUT2D eigenvalue weighted by molar-refractivity contribution is 6.48. The van der Waals surface area contributed by atoms with Crippen LogP contribution >= 0.6 is 23.2 Å². The molecule has 3 rings (SSSR count). The van der Waals surface area contributed by atoms with Crippen molar-refractivity contribution in [3.05, 3.63) is 56.6 Å². The number of hydrogen-bond donors (Lipinski definition) is 4. The van der Waals surface area contributed by atoms with Crippen LogP contribution in [0.15, 0.2) is 24.3 Å². The van der Waals surface area contributed by atoms with Crippen LogP contribution in [0.1, 0.15) is 31.8 Å². The van der Waals surface area contributed by atoms with E-state index in [2.05, 4.69) is 0 Å². The Labute approximate surface area is 134 Å². The molecule has 112 valence electrons. The molecule has 8 heteroatoms. The number of anilines is 2. The Morgan fingerprint density at radius 1 is 0.773 bits per heavy atom. The van der Waals surface area contributed by atoms with E-state index < -0.39 is 11.6 Å². The number of ketones is 2. The van der Waals surface area contributed by atoms with Crippen molar-refractivity contribution in [1.82, 2.24) is 0 Å². The molecule has 0 amide bonds. The summed E-state index contributed by atoms with van der Waals surface area (Å²) < 4.78 is 0. The Morgan fingerprint density at radius 3 is 1.77 bits per heavy atom. The van der Waals surface area contributed by atoms with Crippen LogP contribution in [0.5, 0.6) is 0 Å². The first kappa shape index (κ1) is 14.8. The molecule has 0 bridgehead atoms. The van der Waals surface area contributed by atoms with Gasteiger partial charge in [0.05, 0.1) is 26.9 Å². The normalized spacial score (nSPS) is 12.7. The van der Waals surface area contributed by atoms with Crippen molar-refractivity contribution in [3.63, 3.8) is 0 Å². The predicted molar refractivity (Wildman–Crippen MR) is 80.6 cm³/mol. The molecule has 4 N–H and O–H groups in total. The molecular weight excluding hydrogens is 331 g/mol. The lowest BCUT2D eigenvalue weighted by Crippen LogP contribution is -2.23. The fourth-order valence-electron chi connectivity index (χ4n) is 2.49. The number of nitrogens with one attached hydrogen (secondary N) is 2. The molecule has 0 radical (unpaired) electrons. The summed E-state index contributed by atoms with van der Waals surface area (Å²) in [5.74, 6) is -1.00. The zero-order chi connectivity index (χ0) is 16.0. The summed E-state index contributed by atoms with van der Waals surface area (Å²) in [7, 11) is 0. The Kier molecular flexibility index (Phi) is 3.54. The minimum Gasteiger partial charge on any atom is -0.291 e. The molecule has 0 heterocycles. The third-order valence-electron chi connectivity index (χ3n) is 3.48. The average molecular weight is 339 g/mol. The fraction of sp³-hybridized carbons (Fsp3) is 0. The molecule has 0 saturated carbocycles. The number of carbonyl (C=O) groups is 2. The third kappa shape index (κ3) is 1.82. The maximum atomic E-state index is 12.7. The molecule has 0 spiro atoms. The van der Waals surface area contributed by atoms with Crippen molar-refractivity contribution in [3.8, 4) is 0 Å². The zero-order valence-corrected chi connectivity index (χ0v) is 12.3. The van der Waals surface area contributed by atoms with Gasteiger partial charge in [-0.25, -0.2) is 0 Å². The van der Waals surface area contributed by atoms with Gasteiger partial charge in [-0.2, -0.15) is 0 Å². The Morgan fingerprint density at radius 2 is 1.27 bits per heavy atom. The van der Waals surface area contributed by atoms with E-state index in [1.807, 2.05) is 0 Å². The van der Waals surface area contributed by atoms with Crippen molar-refractivity contribution < 1.29 is 20.0 Å². The Bertz CT molecular complexity index is 836. The second-order valence-electron chi connectivity index (χ2n) is 4.56. The average Bonchev–Trinajstić information content (AvgIpc) is 2.54. The van der Waals surface area contributed by atoms with E-state index in [0.29, 0.717) is 0 Å². The number of fused-ring (bicyclic) bond motifs is 2. The molecule has 1 aliphatic rings. The number of benzene rings is 2. The maximum Gasteiger partial charge on any atom is 0.196 e. The second kappa shape index (κ2) is 5.26. The molecule has 0 aliphatic heterocycles. The summed E-state index contributed by atoms with van der Waals surface area (Å²) in [6.07, 6.45) is 0. The topological polar surface area (TPSA) is 98.7 Å². The van der Waals surface area contributed by atoms with E-state index in [1.54, 1.807) is 23.1 Å². The number of rotatable bonds is 2. The van der Waals surface area contributed by atoms with Crippen LogP contribution in [0, 0.1) is 0 Å². The highest BCUT2D eigenvalue weighted by atomic mass is 35.5. The van der Waals surface area contributed by atoms with Crippen LogP contribution in [0.25, 0.3) is 0 Å². The van der Waals surface area contributed by atoms with Gasteiger partial charge in [0.2, 0.25) is 0 Å². The van der Waals surface area contributed by atoms with E-state index in [-0.39, 0.29) is 43.7 Å². The van der Waals surface area contributed by atoms with Crippen molar-refractivity contribution in [1.29, 1.82) is 0 Å². The monoisotopic (exact) mass is 338 g/mol. The molecular formula is C14H8Cl2N2O4. The largest absolute Gasteiger partial charge is 0.291 e. The fourth-order valence-corrected chi connectivity index (χ4v) is 3.00. The Balaban J connectivity index is 2.45. The third-order valence-corrected chi connectivity index (χ3v) is 4.33. The molecule has 2 aromatic carbocycles. The van der Waals surface area contributed by atoms with E-state index in [1.165, 1.54) is 12.1 Å².